The van der Waals surface area contributed by atoms with E-state index in [2.05, 4.69) is 9.80 Å². The zero-order chi connectivity index (χ0) is 14.2. The van der Waals surface area contributed by atoms with Gasteiger partial charge in [0.05, 0.1) is 18.9 Å². The van der Waals surface area contributed by atoms with Crippen LogP contribution in [0.15, 0.2) is 0 Å². The first-order chi connectivity index (χ1) is 10.3. The summed E-state index contributed by atoms with van der Waals surface area (Å²) in [5.74, 6) is 0.700. The second-order valence-corrected chi connectivity index (χ2v) is 7.38. The van der Waals surface area contributed by atoms with E-state index in [1.807, 2.05) is 11.3 Å². The van der Waals surface area contributed by atoms with Crippen molar-refractivity contribution in [2.75, 3.05) is 44.3 Å². The number of ether oxygens (including phenoxy) is 1. The van der Waals surface area contributed by atoms with Crippen LogP contribution in [0.1, 0.15) is 35.8 Å². The van der Waals surface area contributed by atoms with Gasteiger partial charge < -0.3 is 15.4 Å². The summed E-state index contributed by atoms with van der Waals surface area (Å²) in [6.45, 7) is 6.82. The van der Waals surface area contributed by atoms with Crippen LogP contribution in [0.2, 0.25) is 0 Å². The molecule has 6 heteroatoms. The van der Waals surface area contributed by atoms with Crippen molar-refractivity contribution < 1.29 is 4.74 Å². The molecule has 1 saturated carbocycles. The number of hydrogen-bond donors (Lipinski definition) is 1. The molecule has 5 nitrogen and oxygen atoms in total. The molecular formula is C15H24N4OS. The average molecular weight is 308 g/mol. The highest BCUT2D eigenvalue weighted by molar-refractivity contribution is 7.15. The quantitative estimate of drug-likeness (QED) is 0.911. The van der Waals surface area contributed by atoms with Crippen LogP contribution in [0.3, 0.4) is 0 Å². The van der Waals surface area contributed by atoms with Crippen molar-refractivity contribution in [3.05, 3.63) is 10.6 Å². The minimum atomic E-state index is 0.643. The molecule has 3 heterocycles. The predicted octanol–water partition coefficient (Wildman–Crippen LogP) is 1.39. The maximum absolute atomic E-state index is 5.90. The minimum Gasteiger partial charge on any atom is -0.379 e. The molecule has 1 unspecified atom stereocenters. The van der Waals surface area contributed by atoms with Crippen LogP contribution < -0.4 is 10.6 Å². The van der Waals surface area contributed by atoms with Gasteiger partial charge in [-0.2, -0.15) is 0 Å². The van der Waals surface area contributed by atoms with E-state index in [1.54, 1.807) is 0 Å². The highest BCUT2D eigenvalue weighted by atomic mass is 32.1. The van der Waals surface area contributed by atoms with Gasteiger partial charge in [0.2, 0.25) is 0 Å². The molecule has 2 aliphatic heterocycles. The van der Waals surface area contributed by atoms with Gasteiger partial charge in [0.1, 0.15) is 0 Å². The summed E-state index contributed by atoms with van der Waals surface area (Å²) >= 11 is 1.82. The lowest BCUT2D eigenvalue weighted by Crippen LogP contribution is -2.44. The topological polar surface area (TPSA) is 54.6 Å². The molecule has 0 spiro atoms. The first kappa shape index (κ1) is 13.9. The normalized spacial score (nSPS) is 27.5. The van der Waals surface area contributed by atoms with E-state index in [4.69, 9.17) is 15.5 Å². The summed E-state index contributed by atoms with van der Waals surface area (Å²) < 4.78 is 5.46. The van der Waals surface area contributed by atoms with Crippen LogP contribution >= 0.6 is 11.3 Å². The maximum Gasteiger partial charge on any atom is 0.185 e. The highest BCUT2D eigenvalue weighted by Gasteiger charge is 2.33. The Bertz CT molecular complexity index is 496. The summed E-state index contributed by atoms with van der Waals surface area (Å²) in [7, 11) is 0. The molecule has 2 saturated heterocycles. The van der Waals surface area contributed by atoms with Crippen LogP contribution in [0.4, 0.5) is 5.13 Å². The SMILES string of the molecule is NCc1sc(N2CCC(N3CCOCC3)C2)nc1C1CC1. The van der Waals surface area contributed by atoms with E-state index < -0.39 is 0 Å². The van der Waals surface area contributed by atoms with Crippen molar-refractivity contribution >= 4 is 16.5 Å². The molecule has 1 aromatic rings. The molecule has 1 aliphatic carbocycles. The van der Waals surface area contributed by atoms with Gasteiger partial charge in [0.15, 0.2) is 5.13 Å². The van der Waals surface area contributed by atoms with Crippen LogP contribution in [-0.4, -0.2) is 55.3 Å². The van der Waals surface area contributed by atoms with Gasteiger partial charge in [-0.05, 0) is 19.3 Å². The minimum absolute atomic E-state index is 0.643. The number of morpholine rings is 1. The number of nitrogens with two attached hydrogens (primary N) is 1. The van der Waals surface area contributed by atoms with E-state index in [-0.39, 0.29) is 0 Å². The third-order valence-corrected chi connectivity index (χ3v) is 6.02. The van der Waals surface area contributed by atoms with Gasteiger partial charge in [-0.25, -0.2) is 4.98 Å². The maximum atomic E-state index is 5.90. The second kappa shape index (κ2) is 5.83. The molecule has 0 aromatic carbocycles. The van der Waals surface area contributed by atoms with Crippen molar-refractivity contribution in [3.8, 4) is 0 Å². The number of aromatic nitrogens is 1. The molecule has 116 valence electrons. The lowest BCUT2D eigenvalue weighted by Gasteiger charge is -2.32. The second-order valence-electron chi connectivity index (χ2n) is 6.32. The molecule has 3 fully saturated rings. The predicted molar refractivity (Wildman–Crippen MR) is 85.0 cm³/mol. The Morgan fingerprint density at radius 1 is 1.19 bits per heavy atom. The number of thiazole rings is 1. The molecule has 0 amide bonds. The average Bonchev–Trinajstić information content (AvgIpc) is 3.11. The first-order valence-corrected chi connectivity index (χ1v) is 8.93. The van der Waals surface area contributed by atoms with Gasteiger partial charge in [-0.1, -0.05) is 0 Å². The van der Waals surface area contributed by atoms with Crippen molar-refractivity contribution in [3.63, 3.8) is 0 Å². The van der Waals surface area contributed by atoms with Crippen molar-refractivity contribution in [1.82, 2.24) is 9.88 Å². The Morgan fingerprint density at radius 3 is 2.71 bits per heavy atom. The molecule has 21 heavy (non-hydrogen) atoms. The highest BCUT2D eigenvalue weighted by Crippen LogP contribution is 2.44. The van der Waals surface area contributed by atoms with Crippen LogP contribution in [0.25, 0.3) is 0 Å². The third-order valence-electron chi connectivity index (χ3n) is 4.86. The van der Waals surface area contributed by atoms with Crippen LogP contribution in [0.5, 0.6) is 0 Å². The zero-order valence-corrected chi connectivity index (χ0v) is 13.3. The van der Waals surface area contributed by atoms with Gasteiger partial charge in [0.25, 0.3) is 0 Å². The standard InChI is InChI=1S/C15H24N4OS/c16-9-13-14(11-1-2-11)17-15(21-13)19-4-3-12(10-19)18-5-7-20-8-6-18/h11-12H,1-10,16H2. The fraction of sp³-hybridized carbons (Fsp3) is 0.800. The fourth-order valence-electron chi connectivity index (χ4n) is 3.46. The molecular weight excluding hydrogens is 284 g/mol. The lowest BCUT2D eigenvalue weighted by molar-refractivity contribution is 0.0209. The number of rotatable bonds is 4. The zero-order valence-electron chi connectivity index (χ0n) is 12.5. The van der Waals surface area contributed by atoms with Crippen LogP contribution in [0, 0.1) is 0 Å². The molecule has 1 atom stereocenters. The lowest BCUT2D eigenvalue weighted by atomic mass is 10.2. The van der Waals surface area contributed by atoms with Gasteiger partial charge in [0, 0.05) is 49.6 Å². The summed E-state index contributed by atoms with van der Waals surface area (Å²) in [6, 6.07) is 0.670. The molecule has 2 N–H and O–H groups in total. The van der Waals surface area contributed by atoms with Gasteiger partial charge in [-0.15, -0.1) is 11.3 Å². The Morgan fingerprint density at radius 2 is 2.00 bits per heavy atom. The number of hydrogen-bond acceptors (Lipinski definition) is 6. The number of anilines is 1. The van der Waals surface area contributed by atoms with E-state index in [9.17, 15) is 0 Å². The Labute approximate surface area is 130 Å². The first-order valence-electron chi connectivity index (χ1n) is 8.11. The molecule has 3 aliphatic rings. The van der Waals surface area contributed by atoms with E-state index >= 15 is 0 Å². The largest absolute Gasteiger partial charge is 0.379 e. The fourth-order valence-corrected chi connectivity index (χ4v) is 4.52. The van der Waals surface area contributed by atoms with E-state index in [0.29, 0.717) is 18.5 Å². The van der Waals surface area contributed by atoms with Crippen molar-refractivity contribution in [1.29, 1.82) is 0 Å². The molecule has 0 bridgehead atoms. The number of nitrogens with zero attached hydrogens (tertiary/aromatic N) is 3. The smallest absolute Gasteiger partial charge is 0.185 e. The van der Waals surface area contributed by atoms with E-state index in [1.165, 1.54) is 35.0 Å². The Balaban J connectivity index is 1.45. The van der Waals surface area contributed by atoms with Crippen molar-refractivity contribution in [2.24, 2.45) is 5.73 Å². The molecule has 0 radical (unpaired) electrons. The summed E-state index contributed by atoms with van der Waals surface area (Å²) in [5, 5.41) is 1.20. The Hall–Kier alpha value is -0.690. The third kappa shape index (κ3) is 2.82. The van der Waals surface area contributed by atoms with Gasteiger partial charge >= 0.3 is 0 Å². The molecule has 1 aromatic heterocycles. The Kier molecular flexibility index (Phi) is 3.87. The van der Waals surface area contributed by atoms with E-state index in [0.717, 1.165) is 39.4 Å². The summed E-state index contributed by atoms with van der Waals surface area (Å²) in [6.07, 6.45) is 3.84. The van der Waals surface area contributed by atoms with Crippen LogP contribution in [-0.2, 0) is 11.3 Å². The summed E-state index contributed by atoms with van der Waals surface area (Å²) in [4.78, 5) is 11.3. The molecule has 4 rings (SSSR count). The summed E-state index contributed by atoms with van der Waals surface area (Å²) in [5.41, 5.74) is 7.20. The van der Waals surface area contributed by atoms with Crippen molar-refractivity contribution in [2.45, 2.75) is 37.8 Å². The van der Waals surface area contributed by atoms with Gasteiger partial charge in [-0.3, -0.25) is 4.90 Å². The monoisotopic (exact) mass is 308 g/mol.